The molecule has 0 aliphatic rings. The number of aromatic nitrogens is 2. The lowest BCUT2D eigenvalue weighted by molar-refractivity contribution is 0.0930. The number of halogens is 1. The Morgan fingerprint density at radius 2 is 1.73 bits per heavy atom. The molecule has 0 saturated heterocycles. The number of hydrogen-bond acceptors (Lipinski definition) is 2. The standard InChI is InChI=1S/C28H28ClN3O/c1-19-13-14-20(2)26(17-19)32-27(18-25(31-32)23-11-7-8-12-24(23)29)28(33)30-21(3)15-16-22-9-5-4-6-10-22/h4-14,17-18,21H,15-16H2,1-3H3,(H,30,33). The smallest absolute Gasteiger partial charge is 0.270 e. The first-order valence-electron chi connectivity index (χ1n) is 11.2. The molecule has 1 amide bonds. The summed E-state index contributed by atoms with van der Waals surface area (Å²) in [7, 11) is 0. The van der Waals surface area contributed by atoms with Gasteiger partial charge < -0.3 is 5.32 Å². The van der Waals surface area contributed by atoms with Crippen LogP contribution in [0.2, 0.25) is 5.02 Å². The molecule has 3 aromatic carbocycles. The summed E-state index contributed by atoms with van der Waals surface area (Å²) in [6, 6.07) is 25.9. The van der Waals surface area contributed by atoms with Crippen molar-refractivity contribution in [3.8, 4) is 16.9 Å². The summed E-state index contributed by atoms with van der Waals surface area (Å²) < 4.78 is 1.74. The molecule has 0 radical (unpaired) electrons. The summed E-state index contributed by atoms with van der Waals surface area (Å²) in [5.41, 5.74) is 6.26. The molecule has 0 aliphatic carbocycles. The molecular formula is C28H28ClN3O. The van der Waals surface area contributed by atoms with Crippen molar-refractivity contribution >= 4 is 17.5 Å². The van der Waals surface area contributed by atoms with Gasteiger partial charge in [-0.05, 0) is 68.5 Å². The van der Waals surface area contributed by atoms with Gasteiger partial charge >= 0.3 is 0 Å². The molecule has 0 bridgehead atoms. The van der Waals surface area contributed by atoms with E-state index in [2.05, 4.69) is 23.5 Å². The van der Waals surface area contributed by atoms with E-state index in [1.54, 1.807) is 4.68 Å². The lowest BCUT2D eigenvalue weighted by Gasteiger charge is -2.15. The van der Waals surface area contributed by atoms with Gasteiger partial charge in [-0.3, -0.25) is 4.79 Å². The van der Waals surface area contributed by atoms with Gasteiger partial charge in [0.1, 0.15) is 5.69 Å². The van der Waals surface area contributed by atoms with E-state index in [0.29, 0.717) is 16.4 Å². The maximum absolute atomic E-state index is 13.4. The first-order chi connectivity index (χ1) is 15.9. The first kappa shape index (κ1) is 22.8. The van der Waals surface area contributed by atoms with Gasteiger partial charge in [0.2, 0.25) is 0 Å². The molecule has 168 valence electrons. The van der Waals surface area contributed by atoms with Gasteiger partial charge in [0.25, 0.3) is 5.91 Å². The molecule has 4 rings (SSSR count). The average molecular weight is 458 g/mol. The number of rotatable bonds is 7. The van der Waals surface area contributed by atoms with Crippen LogP contribution in [-0.2, 0) is 6.42 Å². The zero-order valence-electron chi connectivity index (χ0n) is 19.2. The lowest BCUT2D eigenvalue weighted by Crippen LogP contribution is -2.34. The van der Waals surface area contributed by atoms with Gasteiger partial charge in [-0.1, -0.05) is 72.3 Å². The van der Waals surface area contributed by atoms with Crippen LogP contribution in [0.15, 0.2) is 78.9 Å². The van der Waals surface area contributed by atoms with Crippen molar-refractivity contribution in [1.82, 2.24) is 15.1 Å². The molecule has 1 aromatic heterocycles. The molecule has 33 heavy (non-hydrogen) atoms. The number of nitrogens with one attached hydrogen (secondary N) is 1. The Bertz CT molecular complexity index is 1260. The van der Waals surface area contributed by atoms with E-state index in [-0.39, 0.29) is 11.9 Å². The highest BCUT2D eigenvalue weighted by Crippen LogP contribution is 2.29. The van der Waals surface area contributed by atoms with Crippen molar-refractivity contribution in [3.05, 3.63) is 106 Å². The Balaban J connectivity index is 1.64. The predicted molar refractivity (Wildman–Crippen MR) is 135 cm³/mol. The lowest BCUT2D eigenvalue weighted by atomic mass is 10.1. The second-order valence-electron chi connectivity index (χ2n) is 8.50. The van der Waals surface area contributed by atoms with Gasteiger partial charge in [-0.2, -0.15) is 5.10 Å². The van der Waals surface area contributed by atoms with Crippen molar-refractivity contribution in [2.45, 2.75) is 39.7 Å². The van der Waals surface area contributed by atoms with Crippen LogP contribution >= 0.6 is 11.6 Å². The van der Waals surface area contributed by atoms with Gasteiger partial charge in [-0.15, -0.1) is 0 Å². The predicted octanol–water partition coefficient (Wildman–Crippen LogP) is 6.56. The fourth-order valence-electron chi connectivity index (χ4n) is 3.87. The summed E-state index contributed by atoms with van der Waals surface area (Å²) in [4.78, 5) is 13.4. The summed E-state index contributed by atoms with van der Waals surface area (Å²) in [6.45, 7) is 6.09. The largest absolute Gasteiger partial charge is 0.348 e. The fraction of sp³-hybridized carbons (Fsp3) is 0.214. The minimum atomic E-state index is -0.151. The summed E-state index contributed by atoms with van der Waals surface area (Å²) in [6.07, 6.45) is 1.76. The third-order valence-electron chi connectivity index (χ3n) is 5.77. The van der Waals surface area contributed by atoms with Crippen LogP contribution in [0, 0.1) is 13.8 Å². The first-order valence-corrected chi connectivity index (χ1v) is 11.6. The van der Waals surface area contributed by atoms with E-state index < -0.39 is 0 Å². The van der Waals surface area contributed by atoms with Crippen molar-refractivity contribution < 1.29 is 4.79 Å². The second-order valence-corrected chi connectivity index (χ2v) is 8.90. The van der Waals surface area contributed by atoms with E-state index in [0.717, 1.165) is 35.2 Å². The quantitative estimate of drug-likeness (QED) is 0.341. The van der Waals surface area contributed by atoms with Crippen LogP contribution in [-0.4, -0.2) is 21.7 Å². The van der Waals surface area contributed by atoms with Crippen LogP contribution < -0.4 is 5.32 Å². The molecule has 5 heteroatoms. The van der Waals surface area contributed by atoms with E-state index >= 15 is 0 Å². The maximum atomic E-state index is 13.4. The topological polar surface area (TPSA) is 46.9 Å². The Morgan fingerprint density at radius 3 is 2.48 bits per heavy atom. The Kier molecular flexibility index (Phi) is 6.95. The van der Waals surface area contributed by atoms with Gasteiger partial charge in [0.05, 0.1) is 16.4 Å². The van der Waals surface area contributed by atoms with E-state index in [1.165, 1.54) is 5.56 Å². The van der Waals surface area contributed by atoms with E-state index in [1.807, 2.05) is 81.4 Å². The molecule has 4 nitrogen and oxygen atoms in total. The van der Waals surface area contributed by atoms with Crippen molar-refractivity contribution in [2.24, 2.45) is 0 Å². The number of benzene rings is 3. The van der Waals surface area contributed by atoms with Crippen LogP contribution in [0.3, 0.4) is 0 Å². The van der Waals surface area contributed by atoms with Gasteiger partial charge in [0, 0.05) is 11.6 Å². The molecular weight excluding hydrogens is 430 g/mol. The Morgan fingerprint density at radius 1 is 1.00 bits per heavy atom. The number of nitrogens with zero attached hydrogens (tertiary/aromatic N) is 2. The molecule has 1 heterocycles. The molecule has 0 aliphatic heterocycles. The van der Waals surface area contributed by atoms with Crippen LogP contribution in [0.4, 0.5) is 0 Å². The summed E-state index contributed by atoms with van der Waals surface area (Å²) >= 11 is 6.44. The van der Waals surface area contributed by atoms with Gasteiger partial charge in [0.15, 0.2) is 0 Å². The molecule has 1 N–H and O–H groups in total. The van der Waals surface area contributed by atoms with E-state index in [4.69, 9.17) is 16.7 Å². The fourth-order valence-corrected chi connectivity index (χ4v) is 4.10. The molecule has 1 atom stereocenters. The Labute approximate surface area is 200 Å². The van der Waals surface area contributed by atoms with Gasteiger partial charge in [-0.25, -0.2) is 4.68 Å². The molecule has 0 spiro atoms. The normalized spacial score (nSPS) is 11.9. The Hall–Kier alpha value is -3.37. The van der Waals surface area contributed by atoms with E-state index in [9.17, 15) is 4.79 Å². The molecule has 1 unspecified atom stereocenters. The second kappa shape index (κ2) is 10.1. The average Bonchev–Trinajstić information content (AvgIpc) is 3.25. The van der Waals surface area contributed by atoms with Crippen LogP contribution in [0.5, 0.6) is 0 Å². The SMILES string of the molecule is Cc1ccc(C)c(-n2nc(-c3ccccc3Cl)cc2C(=O)NC(C)CCc2ccccc2)c1. The van der Waals surface area contributed by atoms with Crippen molar-refractivity contribution in [1.29, 1.82) is 0 Å². The third kappa shape index (κ3) is 5.35. The number of carbonyl (C=O) groups is 1. The van der Waals surface area contributed by atoms with Crippen molar-refractivity contribution in [3.63, 3.8) is 0 Å². The highest BCUT2D eigenvalue weighted by Gasteiger charge is 2.21. The monoisotopic (exact) mass is 457 g/mol. The maximum Gasteiger partial charge on any atom is 0.270 e. The number of carbonyl (C=O) groups excluding carboxylic acids is 1. The minimum Gasteiger partial charge on any atom is -0.348 e. The highest BCUT2D eigenvalue weighted by molar-refractivity contribution is 6.33. The molecule has 0 saturated carbocycles. The number of aryl methyl sites for hydroxylation is 3. The molecule has 0 fully saturated rings. The van der Waals surface area contributed by atoms with Crippen molar-refractivity contribution in [2.75, 3.05) is 0 Å². The number of amides is 1. The highest BCUT2D eigenvalue weighted by atomic mass is 35.5. The zero-order valence-corrected chi connectivity index (χ0v) is 19.9. The number of hydrogen-bond donors (Lipinski definition) is 1. The van der Waals surface area contributed by atoms with Crippen LogP contribution in [0.25, 0.3) is 16.9 Å². The zero-order chi connectivity index (χ0) is 23.4. The summed E-state index contributed by atoms with van der Waals surface area (Å²) in [5.74, 6) is -0.151. The molecule has 4 aromatic rings. The third-order valence-corrected chi connectivity index (χ3v) is 6.10. The van der Waals surface area contributed by atoms with Crippen LogP contribution in [0.1, 0.15) is 40.5 Å². The minimum absolute atomic E-state index is 0.0171. The summed E-state index contributed by atoms with van der Waals surface area (Å²) in [5, 5.41) is 8.57.